The Labute approximate surface area is 154 Å². The number of hydrogen-bond donors (Lipinski definition) is 2. The van der Waals surface area contributed by atoms with E-state index in [1.165, 1.54) is 19.3 Å². The molecule has 1 aromatic carbocycles. The molecule has 1 amide bonds. The number of carbonyl (C=O) groups excluding carboxylic acids is 1. The molecule has 2 aliphatic rings. The third kappa shape index (κ3) is 4.12. The van der Waals surface area contributed by atoms with E-state index in [1.54, 1.807) is 0 Å². The molecule has 2 heterocycles. The molecule has 0 unspecified atom stereocenters. The molecular weight excluding hydrogens is 326 g/mol. The lowest BCUT2D eigenvalue weighted by molar-refractivity contribution is -0.117. The van der Waals surface area contributed by atoms with Crippen LogP contribution in [0.1, 0.15) is 37.8 Å². The molecule has 0 radical (unpaired) electrons. The van der Waals surface area contributed by atoms with Gasteiger partial charge in [0.2, 0.25) is 11.9 Å². The minimum atomic E-state index is 0.124. The molecule has 0 spiro atoms. The third-order valence-electron chi connectivity index (χ3n) is 4.88. The number of amides is 1. The highest BCUT2D eigenvalue weighted by Gasteiger charge is 2.29. The van der Waals surface area contributed by atoms with E-state index in [2.05, 4.69) is 25.5 Å². The number of carbonyl (C=O) groups is 1. The van der Waals surface area contributed by atoms with Crippen molar-refractivity contribution >= 4 is 29.0 Å². The average molecular weight is 351 g/mol. The quantitative estimate of drug-likeness (QED) is 0.856. The van der Waals surface area contributed by atoms with Crippen LogP contribution in [0.25, 0.3) is 0 Å². The minimum absolute atomic E-state index is 0.124. The number of piperidine rings is 1. The van der Waals surface area contributed by atoms with Crippen LogP contribution >= 0.6 is 0 Å². The molecule has 2 N–H and O–H groups in total. The molecule has 6 nitrogen and oxygen atoms in total. The Morgan fingerprint density at radius 2 is 1.73 bits per heavy atom. The second kappa shape index (κ2) is 7.32. The van der Waals surface area contributed by atoms with E-state index < -0.39 is 0 Å². The molecule has 0 atom stereocenters. The topological polar surface area (TPSA) is 70.2 Å². The van der Waals surface area contributed by atoms with E-state index in [4.69, 9.17) is 0 Å². The maximum Gasteiger partial charge on any atom is 0.229 e. The first-order chi connectivity index (χ1) is 12.7. The molecule has 2 fully saturated rings. The van der Waals surface area contributed by atoms with E-state index in [-0.39, 0.29) is 11.8 Å². The first-order valence-corrected chi connectivity index (χ1v) is 9.46. The van der Waals surface area contributed by atoms with E-state index >= 15 is 0 Å². The molecule has 4 rings (SSSR count). The molecule has 6 heteroatoms. The van der Waals surface area contributed by atoms with Gasteiger partial charge in [-0.15, -0.1) is 0 Å². The van der Waals surface area contributed by atoms with Crippen LogP contribution < -0.4 is 15.5 Å². The van der Waals surface area contributed by atoms with Crippen LogP contribution in [0.3, 0.4) is 0 Å². The van der Waals surface area contributed by atoms with Gasteiger partial charge in [-0.1, -0.05) is 0 Å². The fourth-order valence-corrected chi connectivity index (χ4v) is 3.25. The van der Waals surface area contributed by atoms with E-state index in [1.807, 2.05) is 37.3 Å². The molecule has 26 heavy (non-hydrogen) atoms. The number of aromatic nitrogens is 2. The maximum atomic E-state index is 11.8. The Hall–Kier alpha value is -2.63. The van der Waals surface area contributed by atoms with Crippen LogP contribution in [0, 0.1) is 12.8 Å². The summed E-state index contributed by atoms with van der Waals surface area (Å²) in [4.78, 5) is 23.4. The molecule has 1 aromatic heterocycles. The Balaban J connectivity index is 1.44. The van der Waals surface area contributed by atoms with Crippen molar-refractivity contribution in [2.45, 2.75) is 39.0 Å². The van der Waals surface area contributed by atoms with Crippen LogP contribution in [-0.2, 0) is 4.79 Å². The number of aryl methyl sites for hydroxylation is 1. The first kappa shape index (κ1) is 16.8. The zero-order valence-electron chi connectivity index (χ0n) is 15.2. The van der Waals surface area contributed by atoms with Gasteiger partial charge in [-0.05, 0) is 63.3 Å². The summed E-state index contributed by atoms with van der Waals surface area (Å²) in [6.45, 7) is 4.12. The Morgan fingerprint density at radius 1 is 1.04 bits per heavy atom. The number of nitrogens with one attached hydrogen (secondary N) is 2. The highest BCUT2D eigenvalue weighted by molar-refractivity contribution is 5.94. The molecule has 1 saturated heterocycles. The van der Waals surface area contributed by atoms with Gasteiger partial charge in [0.25, 0.3) is 0 Å². The highest BCUT2D eigenvalue weighted by atomic mass is 16.2. The predicted octanol–water partition coefficient (Wildman–Crippen LogP) is 3.87. The van der Waals surface area contributed by atoms with Gasteiger partial charge < -0.3 is 15.5 Å². The number of anilines is 4. The Morgan fingerprint density at radius 3 is 2.42 bits per heavy atom. The van der Waals surface area contributed by atoms with Crippen LogP contribution in [0.5, 0.6) is 0 Å². The van der Waals surface area contributed by atoms with Crippen LogP contribution in [0.2, 0.25) is 0 Å². The summed E-state index contributed by atoms with van der Waals surface area (Å²) < 4.78 is 0. The van der Waals surface area contributed by atoms with E-state index in [9.17, 15) is 4.79 Å². The lowest BCUT2D eigenvalue weighted by Crippen LogP contribution is -2.30. The molecule has 1 aliphatic carbocycles. The fourth-order valence-electron chi connectivity index (χ4n) is 3.25. The molecule has 1 saturated carbocycles. The largest absolute Gasteiger partial charge is 0.356 e. The second-order valence-corrected chi connectivity index (χ2v) is 7.20. The fraction of sp³-hybridized carbons (Fsp3) is 0.450. The van der Waals surface area contributed by atoms with Gasteiger partial charge in [0, 0.05) is 42.1 Å². The smallest absolute Gasteiger partial charge is 0.229 e. The molecular formula is C20H25N5O. The van der Waals surface area contributed by atoms with Crippen molar-refractivity contribution in [3.05, 3.63) is 36.0 Å². The van der Waals surface area contributed by atoms with Crippen molar-refractivity contribution in [2.75, 3.05) is 28.6 Å². The maximum absolute atomic E-state index is 11.8. The zero-order valence-corrected chi connectivity index (χ0v) is 15.2. The zero-order chi connectivity index (χ0) is 17.9. The first-order valence-electron chi connectivity index (χ1n) is 9.46. The third-order valence-corrected chi connectivity index (χ3v) is 4.88. The van der Waals surface area contributed by atoms with Crippen molar-refractivity contribution < 1.29 is 4.79 Å². The number of rotatable bonds is 5. The number of benzene rings is 1. The molecule has 2 aromatic rings. The lowest BCUT2D eigenvalue weighted by atomic mass is 10.1. The summed E-state index contributed by atoms with van der Waals surface area (Å²) >= 11 is 0. The SMILES string of the molecule is Cc1cc(N2CCCCC2)nc(Nc2ccc(NC(=O)C3CC3)cc2)n1. The van der Waals surface area contributed by atoms with Gasteiger partial charge in [0.05, 0.1) is 0 Å². The van der Waals surface area contributed by atoms with Crippen molar-refractivity contribution in [3.8, 4) is 0 Å². The highest BCUT2D eigenvalue weighted by Crippen LogP contribution is 2.30. The average Bonchev–Trinajstić information content (AvgIpc) is 3.49. The van der Waals surface area contributed by atoms with Crippen molar-refractivity contribution in [2.24, 2.45) is 5.92 Å². The van der Waals surface area contributed by atoms with Crippen LogP contribution in [0.4, 0.5) is 23.1 Å². The van der Waals surface area contributed by atoms with Gasteiger partial charge in [-0.3, -0.25) is 4.79 Å². The van der Waals surface area contributed by atoms with Crippen molar-refractivity contribution in [3.63, 3.8) is 0 Å². The van der Waals surface area contributed by atoms with E-state index in [0.29, 0.717) is 5.95 Å². The van der Waals surface area contributed by atoms with Gasteiger partial charge in [0.1, 0.15) is 5.82 Å². The summed E-state index contributed by atoms with van der Waals surface area (Å²) in [6.07, 6.45) is 5.76. The number of hydrogen-bond acceptors (Lipinski definition) is 5. The van der Waals surface area contributed by atoms with E-state index in [0.717, 1.165) is 48.8 Å². The molecule has 136 valence electrons. The summed E-state index contributed by atoms with van der Waals surface area (Å²) in [5.74, 6) is 1.94. The van der Waals surface area contributed by atoms with Gasteiger partial charge >= 0.3 is 0 Å². The summed E-state index contributed by atoms with van der Waals surface area (Å²) in [6, 6.07) is 9.74. The van der Waals surface area contributed by atoms with Crippen molar-refractivity contribution in [1.29, 1.82) is 0 Å². The predicted molar refractivity (Wildman–Crippen MR) is 104 cm³/mol. The van der Waals surface area contributed by atoms with Crippen LogP contribution in [0.15, 0.2) is 30.3 Å². The van der Waals surface area contributed by atoms with Gasteiger partial charge in [-0.2, -0.15) is 4.98 Å². The lowest BCUT2D eigenvalue weighted by Gasteiger charge is -2.28. The van der Waals surface area contributed by atoms with Crippen LogP contribution in [-0.4, -0.2) is 29.0 Å². The van der Waals surface area contributed by atoms with Gasteiger partial charge in [0.15, 0.2) is 0 Å². The van der Waals surface area contributed by atoms with Crippen molar-refractivity contribution in [1.82, 2.24) is 9.97 Å². The molecule has 0 bridgehead atoms. The Bertz CT molecular complexity index is 779. The summed E-state index contributed by atoms with van der Waals surface area (Å²) in [5.41, 5.74) is 2.69. The normalized spacial score (nSPS) is 17.0. The number of nitrogens with zero attached hydrogens (tertiary/aromatic N) is 3. The standard InChI is InChI=1S/C20H25N5O/c1-14-13-18(25-11-3-2-4-12-25)24-20(21-14)23-17-9-7-16(8-10-17)22-19(26)15-5-6-15/h7-10,13,15H,2-6,11-12H2,1H3,(H,22,26)(H,21,23,24). The molecule has 1 aliphatic heterocycles. The minimum Gasteiger partial charge on any atom is -0.356 e. The monoisotopic (exact) mass is 351 g/mol. The Kier molecular flexibility index (Phi) is 4.73. The second-order valence-electron chi connectivity index (χ2n) is 7.20. The van der Waals surface area contributed by atoms with Gasteiger partial charge in [-0.25, -0.2) is 4.98 Å². The summed E-state index contributed by atoms with van der Waals surface area (Å²) in [7, 11) is 0. The summed E-state index contributed by atoms with van der Waals surface area (Å²) in [5, 5.41) is 6.23.